The number of halogens is 1. The van der Waals surface area contributed by atoms with E-state index in [9.17, 15) is 27.9 Å². The highest BCUT2D eigenvalue weighted by Gasteiger charge is 2.38. The van der Waals surface area contributed by atoms with Gasteiger partial charge in [-0.25, -0.2) is 27.6 Å². The summed E-state index contributed by atoms with van der Waals surface area (Å²) in [6.07, 6.45) is -0.444. The maximum absolute atomic E-state index is 13.2. The average Bonchev–Trinajstić information content (AvgIpc) is 3.50. The van der Waals surface area contributed by atoms with Crippen LogP contribution in [0.15, 0.2) is 47.5 Å². The molecule has 0 saturated carbocycles. The first-order chi connectivity index (χ1) is 19.9. The Kier molecular flexibility index (Phi) is 8.44. The van der Waals surface area contributed by atoms with E-state index in [-0.39, 0.29) is 48.6 Å². The van der Waals surface area contributed by atoms with Crippen molar-refractivity contribution in [1.29, 1.82) is 0 Å². The third-order valence-corrected chi connectivity index (χ3v) is 9.30. The van der Waals surface area contributed by atoms with Gasteiger partial charge in [0.05, 0.1) is 35.2 Å². The molecule has 0 bridgehead atoms. The van der Waals surface area contributed by atoms with Crippen molar-refractivity contribution < 1.29 is 37.4 Å². The van der Waals surface area contributed by atoms with Crippen molar-refractivity contribution in [2.75, 3.05) is 18.8 Å². The number of aliphatic hydroxyl groups is 1. The van der Waals surface area contributed by atoms with E-state index >= 15 is 0 Å². The van der Waals surface area contributed by atoms with Gasteiger partial charge in [-0.05, 0) is 61.7 Å². The third-order valence-electron chi connectivity index (χ3n) is 7.34. The summed E-state index contributed by atoms with van der Waals surface area (Å²) in [6.45, 7) is 4.00. The molecular formula is C28H31ClN4O8S. The molecule has 2 aliphatic rings. The van der Waals surface area contributed by atoms with Crippen molar-refractivity contribution in [3.63, 3.8) is 0 Å². The Morgan fingerprint density at radius 1 is 1.12 bits per heavy atom. The lowest BCUT2D eigenvalue weighted by atomic mass is 10.0. The quantitative estimate of drug-likeness (QED) is 0.375. The van der Waals surface area contributed by atoms with Gasteiger partial charge in [-0.15, -0.1) is 0 Å². The molecule has 2 aliphatic heterocycles. The van der Waals surface area contributed by atoms with Crippen LogP contribution in [-0.2, 0) is 37.3 Å². The zero-order valence-electron chi connectivity index (χ0n) is 23.1. The summed E-state index contributed by atoms with van der Waals surface area (Å²) in [6, 6.07) is 9.18. The van der Waals surface area contributed by atoms with Crippen molar-refractivity contribution >= 4 is 50.3 Å². The van der Waals surface area contributed by atoms with E-state index in [1.54, 1.807) is 49.2 Å². The third kappa shape index (κ3) is 6.22. The number of aliphatic hydroxyl groups excluding tert-OH is 1. The summed E-state index contributed by atoms with van der Waals surface area (Å²) in [5.74, 6) is -1.13. The standard InChI is InChI=1S/C28H31ClN4O8S/c1-17(2)41-28(37)40-15-25-30-13-22-14-32(27(36)33(22)25)21-7-9-31(10-8-21)26(35)24(34)16-42(38,39)23-6-4-18-11-20(29)5-3-19(18)12-23/h3-6,11-13,17,21,24,34H,7-10,14-16H2,1-2H3/t24-/m1/s1. The van der Waals surface area contributed by atoms with Crippen molar-refractivity contribution in [2.24, 2.45) is 0 Å². The maximum Gasteiger partial charge on any atom is 0.508 e. The number of likely N-dealkylation sites (tertiary alicyclic amines) is 1. The van der Waals surface area contributed by atoms with E-state index < -0.39 is 33.8 Å². The topological polar surface area (TPSA) is 148 Å². The second kappa shape index (κ2) is 11.9. The lowest BCUT2D eigenvalue weighted by molar-refractivity contribution is -0.140. The van der Waals surface area contributed by atoms with Crippen LogP contribution >= 0.6 is 11.6 Å². The molecule has 1 saturated heterocycles. The molecule has 5 rings (SSSR count). The molecule has 224 valence electrons. The van der Waals surface area contributed by atoms with Crippen LogP contribution in [-0.4, -0.2) is 88.1 Å². The van der Waals surface area contributed by atoms with Gasteiger partial charge in [0.25, 0.3) is 5.91 Å². The van der Waals surface area contributed by atoms with E-state index in [4.69, 9.17) is 21.1 Å². The van der Waals surface area contributed by atoms with Gasteiger partial charge in [0.2, 0.25) is 0 Å². The van der Waals surface area contributed by atoms with E-state index in [1.807, 2.05) is 0 Å². The molecule has 14 heteroatoms. The number of benzene rings is 2. The summed E-state index contributed by atoms with van der Waals surface area (Å²) in [5.41, 5.74) is 0.659. The highest BCUT2D eigenvalue weighted by atomic mass is 35.5. The SMILES string of the molecule is CC(C)OC(=O)OCc1ncc2n1C(=O)N(C1CCN(C(=O)[C@H](O)CS(=O)(=O)c3ccc4cc(Cl)ccc4c3)CC1)C2. The van der Waals surface area contributed by atoms with E-state index in [2.05, 4.69) is 4.98 Å². The number of ether oxygens (including phenoxy) is 2. The molecule has 0 unspecified atom stereocenters. The molecule has 1 fully saturated rings. The van der Waals surface area contributed by atoms with Crippen LogP contribution in [0.3, 0.4) is 0 Å². The number of carbonyl (C=O) groups excluding carboxylic acids is 3. The molecule has 0 aliphatic carbocycles. The second-order valence-corrected chi connectivity index (χ2v) is 13.1. The van der Waals surface area contributed by atoms with E-state index in [1.165, 1.54) is 21.6 Å². The average molecular weight is 619 g/mol. The zero-order chi connectivity index (χ0) is 30.2. The molecule has 1 N–H and O–H groups in total. The predicted octanol–water partition coefficient (Wildman–Crippen LogP) is 3.36. The highest BCUT2D eigenvalue weighted by Crippen LogP contribution is 2.27. The number of amides is 2. The number of rotatable bonds is 8. The van der Waals surface area contributed by atoms with Gasteiger partial charge in [0.1, 0.15) is 6.10 Å². The molecule has 3 heterocycles. The predicted molar refractivity (Wildman–Crippen MR) is 152 cm³/mol. The van der Waals surface area contributed by atoms with E-state index in [0.29, 0.717) is 35.5 Å². The number of hydrogen-bond donors (Lipinski definition) is 1. The smallest absolute Gasteiger partial charge is 0.432 e. The molecule has 42 heavy (non-hydrogen) atoms. The minimum absolute atomic E-state index is 0.00963. The second-order valence-electron chi connectivity index (χ2n) is 10.6. The lowest BCUT2D eigenvalue weighted by Gasteiger charge is -2.37. The van der Waals surface area contributed by atoms with Crippen LogP contribution in [0.1, 0.15) is 38.2 Å². The number of nitrogens with zero attached hydrogens (tertiary/aromatic N) is 4. The molecule has 2 amide bonds. The number of aromatic nitrogens is 2. The largest absolute Gasteiger partial charge is 0.508 e. The number of fused-ring (bicyclic) bond motifs is 2. The first-order valence-electron chi connectivity index (χ1n) is 13.5. The zero-order valence-corrected chi connectivity index (χ0v) is 24.7. The van der Waals surface area contributed by atoms with E-state index in [0.717, 1.165) is 5.39 Å². The molecular weight excluding hydrogens is 588 g/mol. The number of sulfone groups is 1. The summed E-state index contributed by atoms with van der Waals surface area (Å²) in [4.78, 5) is 45.2. The Bertz CT molecular complexity index is 1630. The summed E-state index contributed by atoms with van der Waals surface area (Å²) in [5, 5.41) is 12.6. The first kappa shape index (κ1) is 29.8. The Labute approximate surface area is 247 Å². The molecule has 0 spiro atoms. The van der Waals surface area contributed by atoms with Gasteiger partial charge < -0.3 is 24.4 Å². The Morgan fingerprint density at radius 3 is 2.52 bits per heavy atom. The molecule has 3 aromatic rings. The van der Waals surface area contributed by atoms with Crippen molar-refractivity contribution in [3.05, 3.63) is 59.1 Å². The van der Waals surface area contributed by atoms with Crippen molar-refractivity contribution in [3.8, 4) is 0 Å². The van der Waals surface area contributed by atoms with Crippen LogP contribution in [0.2, 0.25) is 5.02 Å². The maximum atomic E-state index is 13.2. The Hall–Kier alpha value is -3.68. The number of hydrogen-bond acceptors (Lipinski definition) is 9. The van der Waals surface area contributed by atoms with Crippen LogP contribution in [0.5, 0.6) is 0 Å². The fraction of sp³-hybridized carbons (Fsp3) is 0.429. The summed E-state index contributed by atoms with van der Waals surface area (Å²) < 4.78 is 37.4. The molecule has 12 nitrogen and oxygen atoms in total. The van der Waals surface area contributed by atoms with Gasteiger partial charge >= 0.3 is 12.2 Å². The van der Waals surface area contributed by atoms with Gasteiger partial charge in [-0.2, -0.15) is 0 Å². The minimum atomic E-state index is -3.95. The van der Waals surface area contributed by atoms with Crippen LogP contribution in [0.4, 0.5) is 9.59 Å². The highest BCUT2D eigenvalue weighted by molar-refractivity contribution is 7.91. The van der Waals surface area contributed by atoms with Gasteiger partial charge in [-0.1, -0.05) is 23.7 Å². The Balaban J connectivity index is 1.15. The monoisotopic (exact) mass is 618 g/mol. The summed E-state index contributed by atoms with van der Waals surface area (Å²) in [7, 11) is -3.95. The number of carbonyl (C=O) groups is 3. The number of imidazole rings is 1. The van der Waals surface area contributed by atoms with Gasteiger partial charge in [0, 0.05) is 24.2 Å². The number of piperidine rings is 1. The first-order valence-corrected chi connectivity index (χ1v) is 15.5. The van der Waals surface area contributed by atoms with Gasteiger partial charge in [0.15, 0.2) is 22.3 Å². The minimum Gasteiger partial charge on any atom is -0.432 e. The lowest BCUT2D eigenvalue weighted by Crippen LogP contribution is -2.50. The summed E-state index contributed by atoms with van der Waals surface area (Å²) >= 11 is 6.00. The van der Waals surface area contributed by atoms with Crippen molar-refractivity contribution in [1.82, 2.24) is 19.4 Å². The Morgan fingerprint density at radius 2 is 1.81 bits per heavy atom. The molecule has 1 aromatic heterocycles. The normalized spacial score (nSPS) is 16.6. The van der Waals surface area contributed by atoms with Crippen molar-refractivity contribution in [2.45, 2.75) is 63.0 Å². The molecule has 1 atom stereocenters. The fourth-order valence-corrected chi connectivity index (χ4v) is 6.77. The fourth-order valence-electron chi connectivity index (χ4n) is 5.25. The van der Waals surface area contributed by atoms with Crippen LogP contribution < -0.4 is 0 Å². The van der Waals surface area contributed by atoms with Crippen LogP contribution in [0.25, 0.3) is 10.8 Å². The van der Waals surface area contributed by atoms with Gasteiger partial charge in [-0.3, -0.25) is 4.79 Å². The molecule has 2 aromatic carbocycles. The molecule has 0 radical (unpaired) electrons. The van der Waals surface area contributed by atoms with Crippen LogP contribution in [0, 0.1) is 0 Å².